The summed E-state index contributed by atoms with van der Waals surface area (Å²) < 4.78 is 25.3. The first-order valence-corrected chi connectivity index (χ1v) is 5.41. The van der Waals surface area contributed by atoms with Crippen LogP contribution in [0.2, 0.25) is 0 Å². The summed E-state index contributed by atoms with van der Waals surface area (Å²) in [6.45, 7) is 0.662. The maximum Gasteiger partial charge on any atom is 0.115 e. The molecule has 1 aromatic carbocycles. The molecular weight excluding hydrogens is 220 g/mol. The molecule has 0 aliphatic rings. The zero-order chi connectivity index (χ0) is 12.3. The average molecular weight is 233 g/mol. The van der Waals surface area contributed by atoms with Gasteiger partial charge in [0.25, 0.3) is 0 Å². The fourth-order valence-corrected chi connectivity index (χ4v) is 1.68. The predicted molar refractivity (Wildman–Crippen MR) is 64.0 cm³/mol. The van der Waals surface area contributed by atoms with Crippen LogP contribution in [0.3, 0.4) is 0 Å². The van der Waals surface area contributed by atoms with Gasteiger partial charge in [-0.05, 0) is 35.7 Å². The second-order valence-electron chi connectivity index (χ2n) is 3.97. The van der Waals surface area contributed by atoms with E-state index >= 15 is 0 Å². The van der Waals surface area contributed by atoms with Gasteiger partial charge < -0.3 is 0 Å². The van der Waals surface area contributed by atoms with Crippen molar-refractivity contribution in [2.75, 3.05) is 0 Å². The van der Waals surface area contributed by atoms with Crippen LogP contribution in [0.1, 0.15) is 16.7 Å². The van der Waals surface area contributed by atoms with Gasteiger partial charge in [0, 0.05) is 11.8 Å². The van der Waals surface area contributed by atoms with Gasteiger partial charge in [-0.25, -0.2) is 8.78 Å². The number of rotatable bonds is 3. The molecule has 1 heterocycles. The van der Waals surface area contributed by atoms with Gasteiger partial charge in [-0.2, -0.15) is 0 Å². The van der Waals surface area contributed by atoms with Gasteiger partial charge in [0.2, 0.25) is 0 Å². The van der Waals surface area contributed by atoms with Gasteiger partial charge in [0.05, 0.1) is 5.69 Å². The summed E-state index contributed by atoms with van der Waals surface area (Å²) in [6, 6.07) is 8.87. The molecule has 0 amide bonds. The molecule has 0 unspecified atom stereocenters. The summed E-state index contributed by atoms with van der Waals surface area (Å²) in [5.74, 6) is 0. The Kier molecular flexibility index (Phi) is 3.47. The minimum Gasteiger partial charge on any atom is -0.256 e. The monoisotopic (exact) mass is 233 g/mol. The summed E-state index contributed by atoms with van der Waals surface area (Å²) in [5, 5.41) is 0. The molecule has 1 aromatic heterocycles. The van der Waals surface area contributed by atoms with E-state index in [4.69, 9.17) is 0 Å². The van der Waals surface area contributed by atoms with Crippen molar-refractivity contribution in [3.63, 3.8) is 0 Å². The number of pyridine rings is 1. The molecule has 2 aromatic rings. The minimum atomic E-state index is -0.654. The summed E-state index contributed by atoms with van der Waals surface area (Å²) in [7, 11) is 0. The normalized spacial score (nSPS) is 10.5. The highest BCUT2D eigenvalue weighted by atomic mass is 19.1. The lowest BCUT2D eigenvalue weighted by molar-refractivity contribution is 0.454. The number of hydrogen-bond donors (Lipinski definition) is 0. The van der Waals surface area contributed by atoms with E-state index in [0.29, 0.717) is 11.1 Å². The number of aromatic nitrogens is 1. The van der Waals surface area contributed by atoms with E-state index < -0.39 is 13.3 Å². The van der Waals surface area contributed by atoms with Gasteiger partial charge in [0.15, 0.2) is 0 Å². The fraction of sp³-hybridized carbons (Fsp3) is 0.214. The van der Waals surface area contributed by atoms with Crippen molar-refractivity contribution in [2.45, 2.75) is 20.3 Å². The second kappa shape index (κ2) is 5.04. The molecule has 0 aliphatic carbocycles. The molecule has 0 atom stereocenters. The molecule has 3 heteroatoms. The molecule has 0 radical (unpaired) electrons. The third-order valence-corrected chi connectivity index (χ3v) is 2.70. The summed E-state index contributed by atoms with van der Waals surface area (Å²) in [5.41, 5.74) is 3.46. The van der Waals surface area contributed by atoms with E-state index in [9.17, 15) is 8.78 Å². The lowest BCUT2D eigenvalue weighted by Crippen LogP contribution is -1.91. The third-order valence-electron chi connectivity index (χ3n) is 2.70. The smallest absolute Gasteiger partial charge is 0.115 e. The highest BCUT2D eigenvalue weighted by Crippen LogP contribution is 2.22. The Labute approximate surface area is 99.1 Å². The molecule has 0 fully saturated rings. The van der Waals surface area contributed by atoms with E-state index in [1.165, 1.54) is 0 Å². The van der Waals surface area contributed by atoms with E-state index in [2.05, 4.69) is 4.98 Å². The number of benzene rings is 1. The largest absolute Gasteiger partial charge is 0.256 e. The first kappa shape index (κ1) is 11.7. The molecule has 0 aliphatic heterocycles. The first-order chi connectivity index (χ1) is 8.24. The zero-order valence-electron chi connectivity index (χ0n) is 9.58. The van der Waals surface area contributed by atoms with Crippen LogP contribution < -0.4 is 0 Å². The van der Waals surface area contributed by atoms with Crippen LogP contribution in [0, 0.1) is 6.92 Å². The molecule has 2 rings (SSSR count). The summed E-state index contributed by atoms with van der Waals surface area (Å²) >= 11 is 0. The maximum atomic E-state index is 12.7. The Morgan fingerprint density at radius 2 is 1.76 bits per heavy atom. The number of aryl methyl sites for hydroxylation is 1. The molecular formula is C14H13F2N. The van der Waals surface area contributed by atoms with Crippen molar-refractivity contribution >= 4 is 0 Å². The van der Waals surface area contributed by atoms with Gasteiger partial charge in [-0.15, -0.1) is 0 Å². The second-order valence-corrected chi connectivity index (χ2v) is 3.97. The van der Waals surface area contributed by atoms with Crippen LogP contribution >= 0.6 is 0 Å². The van der Waals surface area contributed by atoms with Crippen molar-refractivity contribution in [2.24, 2.45) is 0 Å². The van der Waals surface area contributed by atoms with E-state index in [1.54, 1.807) is 24.4 Å². The van der Waals surface area contributed by atoms with E-state index in [-0.39, 0.29) is 0 Å². The topological polar surface area (TPSA) is 12.9 Å². The summed E-state index contributed by atoms with van der Waals surface area (Å²) in [6.07, 6.45) is 1.76. The molecule has 0 N–H and O–H groups in total. The lowest BCUT2D eigenvalue weighted by atomic mass is 10.0. The first-order valence-electron chi connectivity index (χ1n) is 5.41. The van der Waals surface area contributed by atoms with E-state index in [1.807, 2.05) is 19.1 Å². The van der Waals surface area contributed by atoms with Crippen molar-refractivity contribution in [3.8, 4) is 11.3 Å². The highest BCUT2D eigenvalue weighted by Gasteiger charge is 2.05. The molecule has 17 heavy (non-hydrogen) atoms. The standard InChI is InChI=1S/C14H13F2N/c1-10-2-5-14(17-9-10)11-3-4-12(7-15)13(6-11)8-16/h2-6,9H,7-8H2,1H3. The van der Waals surface area contributed by atoms with Gasteiger partial charge in [-0.1, -0.05) is 18.2 Å². The Bertz CT molecular complexity index is 506. The SMILES string of the molecule is Cc1ccc(-c2ccc(CF)c(CF)c2)nc1. The number of halogens is 2. The van der Waals surface area contributed by atoms with E-state index in [0.717, 1.165) is 16.8 Å². The number of alkyl halides is 2. The van der Waals surface area contributed by atoms with Crippen LogP contribution in [-0.4, -0.2) is 4.98 Å². The fourth-order valence-electron chi connectivity index (χ4n) is 1.68. The van der Waals surface area contributed by atoms with Crippen LogP contribution in [0.4, 0.5) is 8.78 Å². The maximum absolute atomic E-state index is 12.7. The number of hydrogen-bond acceptors (Lipinski definition) is 1. The van der Waals surface area contributed by atoms with Gasteiger partial charge >= 0.3 is 0 Å². The van der Waals surface area contributed by atoms with Crippen molar-refractivity contribution < 1.29 is 8.78 Å². The van der Waals surface area contributed by atoms with Crippen LogP contribution in [0.15, 0.2) is 36.5 Å². The molecule has 1 nitrogen and oxygen atoms in total. The third kappa shape index (κ3) is 2.49. The van der Waals surface area contributed by atoms with Crippen LogP contribution in [-0.2, 0) is 13.3 Å². The predicted octanol–water partition coefficient (Wildman–Crippen LogP) is 4.00. The Morgan fingerprint density at radius 3 is 2.35 bits per heavy atom. The van der Waals surface area contributed by atoms with Crippen molar-refractivity contribution in [1.82, 2.24) is 4.98 Å². The lowest BCUT2D eigenvalue weighted by Gasteiger charge is -2.06. The van der Waals surface area contributed by atoms with Gasteiger partial charge in [-0.3, -0.25) is 4.98 Å². The average Bonchev–Trinajstić information content (AvgIpc) is 2.39. The number of nitrogens with zero attached hydrogens (tertiary/aromatic N) is 1. The zero-order valence-corrected chi connectivity index (χ0v) is 9.58. The molecule has 0 bridgehead atoms. The van der Waals surface area contributed by atoms with Crippen molar-refractivity contribution in [3.05, 3.63) is 53.2 Å². The molecule has 88 valence electrons. The Hall–Kier alpha value is -1.77. The Morgan fingerprint density at radius 1 is 1.00 bits per heavy atom. The van der Waals surface area contributed by atoms with Crippen LogP contribution in [0.25, 0.3) is 11.3 Å². The van der Waals surface area contributed by atoms with Crippen molar-refractivity contribution in [1.29, 1.82) is 0 Å². The summed E-state index contributed by atoms with van der Waals surface area (Å²) in [4.78, 5) is 4.26. The Balaban J connectivity index is 2.42. The van der Waals surface area contributed by atoms with Crippen LogP contribution in [0.5, 0.6) is 0 Å². The molecule has 0 saturated heterocycles. The molecule has 0 spiro atoms. The van der Waals surface area contributed by atoms with Gasteiger partial charge in [0.1, 0.15) is 13.3 Å². The minimum absolute atomic E-state index is 0.396. The quantitative estimate of drug-likeness (QED) is 0.781. The molecule has 0 saturated carbocycles. The highest BCUT2D eigenvalue weighted by molar-refractivity contribution is 5.61.